The number of carbonyl (C=O) groups excluding carboxylic acids is 2. The molecule has 1 heterocycles. The number of hydrogen-bond acceptors (Lipinski definition) is 2. The van der Waals surface area contributed by atoms with Crippen molar-refractivity contribution in [1.82, 2.24) is 4.90 Å². The normalized spacial score (nSPS) is 27.2. The highest BCUT2D eigenvalue weighted by molar-refractivity contribution is 5.93. The summed E-state index contributed by atoms with van der Waals surface area (Å²) in [6, 6.07) is 6.06. The molecular formula is C23H34N3O2+. The minimum Gasteiger partial charge on any atom is -0.331 e. The lowest BCUT2D eigenvalue weighted by Crippen LogP contribution is -3.15. The van der Waals surface area contributed by atoms with Crippen LogP contribution in [0.25, 0.3) is 0 Å². The number of hydrogen-bond donors (Lipinski definition) is 2. The summed E-state index contributed by atoms with van der Waals surface area (Å²) in [6.45, 7) is 7.82. The Kier molecular flexibility index (Phi) is 5.72. The van der Waals surface area contributed by atoms with Crippen molar-refractivity contribution >= 4 is 17.5 Å². The Morgan fingerprint density at radius 3 is 2.43 bits per heavy atom. The summed E-state index contributed by atoms with van der Waals surface area (Å²) in [4.78, 5) is 28.5. The third kappa shape index (κ3) is 4.24. The topological polar surface area (TPSA) is 53.9 Å². The fourth-order valence-electron chi connectivity index (χ4n) is 5.65. The molecule has 2 saturated carbocycles. The van der Waals surface area contributed by atoms with Gasteiger partial charge in [-0.15, -0.1) is 0 Å². The number of nitrogens with zero attached hydrogens (tertiary/aromatic N) is 1. The van der Waals surface area contributed by atoms with Crippen LogP contribution in [0.3, 0.4) is 0 Å². The molecule has 1 saturated heterocycles. The van der Waals surface area contributed by atoms with Crippen molar-refractivity contribution in [1.29, 1.82) is 0 Å². The van der Waals surface area contributed by atoms with Crippen LogP contribution in [0.15, 0.2) is 18.2 Å². The van der Waals surface area contributed by atoms with E-state index in [0.717, 1.165) is 61.2 Å². The van der Waals surface area contributed by atoms with Crippen LogP contribution in [-0.2, 0) is 9.59 Å². The van der Waals surface area contributed by atoms with Crippen LogP contribution in [0.2, 0.25) is 0 Å². The number of amides is 2. The molecule has 0 unspecified atom stereocenters. The average Bonchev–Trinajstić information content (AvgIpc) is 3.28. The standard InChI is InChI=1S/C23H33N3O2/c1-16-4-3-5-17(2)23(16)24-21(27)15-25-8-10-26(11-9-25)22(28)14-20-13-18-6-7-19(20)12-18/h3-5,18-20H,6-15H2,1-2H3,(H,24,27)/p+1/t18-,19+,20+/m0/s1. The molecule has 3 aliphatic rings. The minimum absolute atomic E-state index is 0.0640. The van der Waals surface area contributed by atoms with Crippen molar-refractivity contribution < 1.29 is 14.5 Å². The Bertz CT molecular complexity index is 719. The zero-order valence-electron chi connectivity index (χ0n) is 17.3. The number of aryl methyl sites for hydroxylation is 2. The van der Waals surface area contributed by atoms with E-state index < -0.39 is 0 Å². The highest BCUT2D eigenvalue weighted by Crippen LogP contribution is 2.49. The van der Waals surface area contributed by atoms with Crippen LogP contribution in [0, 0.1) is 31.6 Å². The molecule has 1 aromatic rings. The van der Waals surface area contributed by atoms with E-state index in [0.29, 0.717) is 18.4 Å². The summed E-state index contributed by atoms with van der Waals surface area (Å²) in [6.07, 6.45) is 6.13. The first kappa shape index (κ1) is 19.4. The Morgan fingerprint density at radius 2 is 1.82 bits per heavy atom. The molecule has 2 bridgehead atoms. The maximum atomic E-state index is 12.7. The molecule has 152 valence electrons. The summed E-state index contributed by atoms with van der Waals surface area (Å²) >= 11 is 0. The van der Waals surface area contributed by atoms with Gasteiger partial charge in [0.25, 0.3) is 5.91 Å². The van der Waals surface area contributed by atoms with Crippen LogP contribution in [0.5, 0.6) is 0 Å². The Balaban J connectivity index is 1.22. The minimum atomic E-state index is 0.0640. The van der Waals surface area contributed by atoms with Crippen LogP contribution in [0.1, 0.15) is 43.2 Å². The molecule has 5 heteroatoms. The van der Waals surface area contributed by atoms with Crippen molar-refractivity contribution in [3.05, 3.63) is 29.3 Å². The maximum absolute atomic E-state index is 12.7. The molecule has 3 atom stereocenters. The van der Waals surface area contributed by atoms with E-state index in [-0.39, 0.29) is 5.91 Å². The van der Waals surface area contributed by atoms with Gasteiger partial charge in [0.1, 0.15) is 0 Å². The monoisotopic (exact) mass is 384 g/mol. The van der Waals surface area contributed by atoms with E-state index in [1.165, 1.54) is 30.6 Å². The van der Waals surface area contributed by atoms with Gasteiger partial charge in [-0.2, -0.15) is 0 Å². The predicted octanol–water partition coefficient (Wildman–Crippen LogP) is 1.80. The first-order valence-electron chi connectivity index (χ1n) is 11.0. The summed E-state index contributed by atoms with van der Waals surface area (Å²) in [7, 11) is 0. The molecule has 5 nitrogen and oxygen atoms in total. The van der Waals surface area contributed by atoms with Crippen molar-refractivity contribution in [3.8, 4) is 0 Å². The Hall–Kier alpha value is -1.88. The third-order valence-corrected chi connectivity index (χ3v) is 7.30. The second-order valence-electron chi connectivity index (χ2n) is 9.26. The Morgan fingerprint density at radius 1 is 1.11 bits per heavy atom. The van der Waals surface area contributed by atoms with Gasteiger partial charge in [-0.3, -0.25) is 9.59 Å². The molecule has 28 heavy (non-hydrogen) atoms. The van der Waals surface area contributed by atoms with Gasteiger partial charge in [-0.25, -0.2) is 0 Å². The van der Waals surface area contributed by atoms with Crippen molar-refractivity contribution in [3.63, 3.8) is 0 Å². The first-order chi connectivity index (χ1) is 13.5. The van der Waals surface area contributed by atoms with Gasteiger partial charge in [0, 0.05) is 12.1 Å². The zero-order chi connectivity index (χ0) is 19.7. The first-order valence-corrected chi connectivity index (χ1v) is 11.0. The number of nitrogens with one attached hydrogen (secondary N) is 2. The molecule has 2 amide bonds. The molecule has 1 aromatic carbocycles. The van der Waals surface area contributed by atoms with Crippen LogP contribution >= 0.6 is 0 Å². The predicted molar refractivity (Wildman–Crippen MR) is 110 cm³/mol. The van der Waals surface area contributed by atoms with E-state index in [4.69, 9.17) is 0 Å². The van der Waals surface area contributed by atoms with Gasteiger partial charge >= 0.3 is 0 Å². The van der Waals surface area contributed by atoms with Crippen LogP contribution in [0.4, 0.5) is 5.69 Å². The van der Waals surface area contributed by atoms with E-state index in [9.17, 15) is 9.59 Å². The number of quaternary nitrogens is 1. The highest BCUT2D eigenvalue weighted by atomic mass is 16.2. The van der Waals surface area contributed by atoms with Gasteiger partial charge in [0.05, 0.1) is 26.2 Å². The Labute approximate surface area is 168 Å². The van der Waals surface area contributed by atoms with Crippen LogP contribution in [-0.4, -0.2) is 49.4 Å². The van der Waals surface area contributed by atoms with Crippen molar-refractivity contribution in [2.75, 3.05) is 38.0 Å². The van der Waals surface area contributed by atoms with E-state index in [1.807, 2.05) is 36.9 Å². The smallest absolute Gasteiger partial charge is 0.279 e. The largest absolute Gasteiger partial charge is 0.331 e. The van der Waals surface area contributed by atoms with Gasteiger partial charge in [0.15, 0.2) is 6.54 Å². The molecule has 1 aliphatic heterocycles. The van der Waals surface area contributed by atoms with Gasteiger partial charge in [-0.05, 0) is 62.0 Å². The number of rotatable bonds is 5. The summed E-state index contributed by atoms with van der Waals surface area (Å²) in [5.41, 5.74) is 3.13. The van der Waals surface area contributed by atoms with Crippen molar-refractivity contribution in [2.45, 2.75) is 46.0 Å². The van der Waals surface area contributed by atoms with Crippen molar-refractivity contribution in [2.24, 2.45) is 17.8 Å². The second kappa shape index (κ2) is 8.24. The second-order valence-corrected chi connectivity index (χ2v) is 9.26. The quantitative estimate of drug-likeness (QED) is 0.813. The van der Waals surface area contributed by atoms with Crippen LogP contribution < -0.4 is 10.2 Å². The fourth-order valence-corrected chi connectivity index (χ4v) is 5.65. The zero-order valence-corrected chi connectivity index (χ0v) is 17.3. The van der Waals surface area contributed by atoms with E-state index in [1.54, 1.807) is 0 Å². The maximum Gasteiger partial charge on any atom is 0.279 e. The van der Waals surface area contributed by atoms with Gasteiger partial charge in [0.2, 0.25) is 5.91 Å². The lowest BCUT2D eigenvalue weighted by Gasteiger charge is -2.33. The molecule has 3 fully saturated rings. The fraction of sp³-hybridized carbons (Fsp3) is 0.652. The number of anilines is 1. The SMILES string of the molecule is Cc1cccc(C)c1NC(=O)C[NH+]1CCN(C(=O)C[C@H]2C[C@H]3CC[C@@H]2C3)CC1. The summed E-state index contributed by atoms with van der Waals surface area (Å²) in [5, 5.41) is 3.08. The van der Waals surface area contributed by atoms with E-state index in [2.05, 4.69) is 5.32 Å². The number of para-hydroxylation sites is 1. The molecule has 0 aromatic heterocycles. The summed E-state index contributed by atoms with van der Waals surface area (Å²) in [5.74, 6) is 2.76. The van der Waals surface area contributed by atoms with E-state index >= 15 is 0 Å². The third-order valence-electron chi connectivity index (χ3n) is 7.30. The molecular weight excluding hydrogens is 350 g/mol. The van der Waals surface area contributed by atoms with Gasteiger partial charge < -0.3 is 15.1 Å². The summed E-state index contributed by atoms with van der Waals surface area (Å²) < 4.78 is 0. The number of piperazine rings is 1. The lowest BCUT2D eigenvalue weighted by molar-refractivity contribution is -0.895. The van der Waals surface area contributed by atoms with Gasteiger partial charge in [-0.1, -0.05) is 24.6 Å². The molecule has 2 aliphatic carbocycles. The molecule has 0 radical (unpaired) electrons. The average molecular weight is 385 g/mol. The molecule has 2 N–H and O–H groups in total. The number of fused-ring (bicyclic) bond motifs is 2. The number of benzene rings is 1. The lowest BCUT2D eigenvalue weighted by atomic mass is 9.86. The molecule has 4 rings (SSSR count). The molecule has 0 spiro atoms. The highest BCUT2D eigenvalue weighted by Gasteiger charge is 2.41. The number of carbonyl (C=O) groups is 2.